The third kappa shape index (κ3) is 4.12. The van der Waals surface area contributed by atoms with Crippen molar-refractivity contribution >= 4 is 8.46 Å². The summed E-state index contributed by atoms with van der Waals surface area (Å²) in [7, 11) is 0.0293. The first-order valence-electron chi connectivity index (χ1n) is 6.93. The van der Waals surface area contributed by atoms with Gasteiger partial charge in [-0.3, -0.25) is 9.46 Å². The SMILES string of the molecule is CC(C)(C)C(P=O)N(C(O)c1ccccc1)C(C)(C)C. The van der Waals surface area contributed by atoms with Crippen molar-refractivity contribution in [2.24, 2.45) is 5.41 Å². The lowest BCUT2D eigenvalue weighted by atomic mass is 9.91. The van der Waals surface area contributed by atoms with E-state index in [9.17, 15) is 9.67 Å². The number of aliphatic hydroxyl groups is 1. The third-order valence-electron chi connectivity index (χ3n) is 3.27. The fourth-order valence-electron chi connectivity index (χ4n) is 2.28. The van der Waals surface area contributed by atoms with E-state index in [2.05, 4.69) is 0 Å². The quantitative estimate of drug-likeness (QED) is 0.659. The molecular weight excluding hydrogens is 269 g/mol. The van der Waals surface area contributed by atoms with Gasteiger partial charge in [-0.2, -0.15) is 0 Å². The molecule has 3 nitrogen and oxygen atoms in total. The molecule has 0 fully saturated rings. The van der Waals surface area contributed by atoms with Gasteiger partial charge in [-0.25, -0.2) is 0 Å². The van der Waals surface area contributed by atoms with Gasteiger partial charge in [0.15, 0.2) is 8.46 Å². The molecule has 0 aliphatic rings. The molecule has 0 aliphatic heterocycles. The van der Waals surface area contributed by atoms with E-state index in [1.54, 1.807) is 0 Å². The highest BCUT2D eigenvalue weighted by Crippen LogP contribution is 2.40. The number of nitrogens with zero attached hydrogens (tertiary/aromatic N) is 1. The highest BCUT2D eigenvalue weighted by Gasteiger charge is 2.41. The Hall–Kier alpha value is -0.760. The Morgan fingerprint density at radius 3 is 1.90 bits per heavy atom. The van der Waals surface area contributed by atoms with Crippen molar-refractivity contribution in [1.29, 1.82) is 0 Å². The van der Waals surface area contributed by atoms with Crippen LogP contribution in [0.4, 0.5) is 0 Å². The highest BCUT2D eigenvalue weighted by molar-refractivity contribution is 7.24. The lowest BCUT2D eigenvalue weighted by Crippen LogP contribution is -2.52. The molecule has 2 unspecified atom stereocenters. The highest BCUT2D eigenvalue weighted by atomic mass is 31.1. The van der Waals surface area contributed by atoms with Gasteiger partial charge in [0, 0.05) is 5.54 Å². The lowest BCUT2D eigenvalue weighted by molar-refractivity contribution is -0.0832. The van der Waals surface area contributed by atoms with Crippen LogP contribution >= 0.6 is 8.46 Å². The van der Waals surface area contributed by atoms with E-state index in [-0.39, 0.29) is 25.2 Å². The molecule has 0 heterocycles. The molecule has 0 spiro atoms. The van der Waals surface area contributed by atoms with Crippen LogP contribution < -0.4 is 0 Å². The second kappa shape index (κ2) is 6.34. The van der Waals surface area contributed by atoms with Gasteiger partial charge >= 0.3 is 0 Å². The second-order valence-electron chi connectivity index (χ2n) is 7.21. The van der Waals surface area contributed by atoms with E-state index in [1.165, 1.54) is 0 Å². The minimum absolute atomic E-state index is 0.0293. The first-order chi connectivity index (χ1) is 9.09. The molecule has 1 aromatic rings. The molecule has 0 bridgehead atoms. The number of hydrogen-bond acceptors (Lipinski definition) is 3. The summed E-state index contributed by atoms with van der Waals surface area (Å²) < 4.78 is 11.7. The molecule has 1 N–H and O–H groups in total. The molecule has 0 saturated carbocycles. The zero-order valence-electron chi connectivity index (χ0n) is 13.3. The molecule has 0 aromatic heterocycles. The van der Waals surface area contributed by atoms with Gasteiger partial charge in [0.05, 0.1) is 5.78 Å². The van der Waals surface area contributed by atoms with Crippen LogP contribution in [0.15, 0.2) is 30.3 Å². The predicted molar refractivity (Wildman–Crippen MR) is 83.8 cm³/mol. The molecule has 4 heteroatoms. The maximum Gasteiger partial charge on any atom is 0.175 e. The van der Waals surface area contributed by atoms with Gasteiger partial charge in [0.1, 0.15) is 6.23 Å². The first kappa shape index (κ1) is 17.3. The largest absolute Gasteiger partial charge is 0.374 e. The molecule has 0 saturated heterocycles. The first-order valence-corrected chi connectivity index (χ1v) is 7.81. The van der Waals surface area contributed by atoms with Gasteiger partial charge in [0.25, 0.3) is 0 Å². The molecule has 0 radical (unpaired) electrons. The summed E-state index contributed by atoms with van der Waals surface area (Å²) in [5.74, 6) is -0.266. The molecule has 2 atom stereocenters. The van der Waals surface area contributed by atoms with E-state index in [4.69, 9.17) is 0 Å². The molecule has 112 valence electrons. The lowest BCUT2D eigenvalue weighted by Gasteiger charge is -2.46. The Balaban J connectivity index is 3.23. The van der Waals surface area contributed by atoms with Gasteiger partial charge in [-0.15, -0.1) is 0 Å². The van der Waals surface area contributed by atoms with Crippen LogP contribution in [-0.4, -0.2) is 21.3 Å². The van der Waals surface area contributed by atoms with E-state index in [0.29, 0.717) is 0 Å². The number of aliphatic hydroxyl groups excluding tert-OH is 1. The van der Waals surface area contributed by atoms with Crippen LogP contribution in [0.25, 0.3) is 0 Å². The monoisotopic (exact) mass is 295 g/mol. The summed E-state index contributed by atoms with van der Waals surface area (Å²) in [5.41, 5.74) is 0.317. The van der Waals surface area contributed by atoms with Crippen molar-refractivity contribution in [2.45, 2.75) is 59.1 Å². The van der Waals surface area contributed by atoms with Crippen molar-refractivity contribution in [3.8, 4) is 0 Å². The Bertz CT molecular complexity index is 434. The molecule has 1 aromatic carbocycles. The summed E-state index contributed by atoms with van der Waals surface area (Å²) in [6.07, 6.45) is -0.776. The minimum Gasteiger partial charge on any atom is -0.374 e. The molecule has 0 amide bonds. The summed E-state index contributed by atoms with van der Waals surface area (Å²) in [4.78, 5) is 1.93. The van der Waals surface area contributed by atoms with Gasteiger partial charge < -0.3 is 5.11 Å². The van der Waals surface area contributed by atoms with E-state index in [0.717, 1.165) is 5.56 Å². The fraction of sp³-hybridized carbons (Fsp3) is 0.625. The molecule has 0 aliphatic carbocycles. The molecular formula is C16H26NO2P. The number of rotatable bonds is 4. The third-order valence-corrected chi connectivity index (χ3v) is 4.50. The summed E-state index contributed by atoms with van der Waals surface area (Å²) in [6.45, 7) is 12.2. The van der Waals surface area contributed by atoms with Crippen LogP contribution in [0.5, 0.6) is 0 Å². The predicted octanol–water partition coefficient (Wildman–Crippen LogP) is 4.44. The topological polar surface area (TPSA) is 40.5 Å². The van der Waals surface area contributed by atoms with Gasteiger partial charge in [0.2, 0.25) is 0 Å². The van der Waals surface area contributed by atoms with E-state index in [1.807, 2.05) is 76.8 Å². The Morgan fingerprint density at radius 2 is 1.55 bits per heavy atom. The Labute approximate surface area is 124 Å². The van der Waals surface area contributed by atoms with E-state index >= 15 is 0 Å². The standard InChI is InChI=1S/C16H26NO2P/c1-15(2,3)14(20-19)17(16(4,5)6)13(18)12-10-8-7-9-11-12/h7-11,13-14,18H,1-6H3. The van der Waals surface area contributed by atoms with E-state index < -0.39 is 6.23 Å². The smallest absolute Gasteiger partial charge is 0.175 e. The average molecular weight is 295 g/mol. The Kier molecular flexibility index (Phi) is 5.48. The fourth-order valence-corrected chi connectivity index (χ4v) is 3.17. The number of benzene rings is 1. The maximum absolute atomic E-state index is 11.7. The van der Waals surface area contributed by atoms with Crippen LogP contribution in [0, 0.1) is 5.41 Å². The van der Waals surface area contributed by atoms with Crippen LogP contribution in [0.3, 0.4) is 0 Å². The van der Waals surface area contributed by atoms with Crippen LogP contribution in [0.1, 0.15) is 53.3 Å². The molecule has 1 rings (SSSR count). The van der Waals surface area contributed by atoms with Crippen molar-refractivity contribution in [3.63, 3.8) is 0 Å². The van der Waals surface area contributed by atoms with Crippen molar-refractivity contribution < 1.29 is 9.67 Å². The average Bonchev–Trinajstić information content (AvgIpc) is 2.33. The summed E-state index contributed by atoms with van der Waals surface area (Å²) in [5, 5.41) is 10.8. The zero-order valence-corrected chi connectivity index (χ0v) is 14.2. The van der Waals surface area contributed by atoms with Crippen molar-refractivity contribution in [1.82, 2.24) is 4.90 Å². The zero-order chi connectivity index (χ0) is 15.6. The van der Waals surface area contributed by atoms with Gasteiger partial charge in [-0.1, -0.05) is 51.1 Å². The van der Waals surface area contributed by atoms with Crippen molar-refractivity contribution in [2.75, 3.05) is 0 Å². The number of hydrogen-bond donors (Lipinski definition) is 1. The van der Waals surface area contributed by atoms with Crippen LogP contribution in [-0.2, 0) is 4.57 Å². The minimum atomic E-state index is -0.776. The second-order valence-corrected chi connectivity index (χ2v) is 7.91. The molecule has 20 heavy (non-hydrogen) atoms. The normalized spacial score (nSPS) is 16.4. The summed E-state index contributed by atoms with van der Waals surface area (Å²) in [6, 6.07) is 9.52. The van der Waals surface area contributed by atoms with Gasteiger partial charge in [-0.05, 0) is 31.7 Å². The Morgan fingerprint density at radius 1 is 1.05 bits per heavy atom. The summed E-state index contributed by atoms with van der Waals surface area (Å²) >= 11 is 0. The van der Waals surface area contributed by atoms with Crippen molar-refractivity contribution in [3.05, 3.63) is 35.9 Å². The van der Waals surface area contributed by atoms with Crippen LogP contribution in [0.2, 0.25) is 0 Å². The maximum atomic E-state index is 11.7.